The zero-order chi connectivity index (χ0) is 25.5. The van der Waals surface area contributed by atoms with E-state index in [2.05, 4.69) is 10.6 Å². The van der Waals surface area contributed by atoms with Gasteiger partial charge in [-0.1, -0.05) is 29.3 Å². The van der Waals surface area contributed by atoms with Gasteiger partial charge in [-0.2, -0.15) is 0 Å². The summed E-state index contributed by atoms with van der Waals surface area (Å²) in [5, 5.41) is 5.97. The van der Waals surface area contributed by atoms with Gasteiger partial charge >= 0.3 is 5.97 Å². The Bertz CT molecular complexity index is 1240. The number of benzene rings is 2. The molecule has 11 heteroatoms. The molecule has 0 radical (unpaired) electrons. The Morgan fingerprint density at radius 3 is 2.34 bits per heavy atom. The second-order valence-electron chi connectivity index (χ2n) is 7.05. The van der Waals surface area contributed by atoms with Crippen molar-refractivity contribution >= 4 is 63.0 Å². The first-order valence-corrected chi connectivity index (χ1v) is 11.9. The number of carbonyl (C=O) groups excluding carboxylic acids is 3. The number of rotatable bonds is 9. The van der Waals surface area contributed by atoms with Crippen molar-refractivity contribution in [3.05, 3.63) is 68.5 Å². The molecule has 0 bridgehead atoms. The van der Waals surface area contributed by atoms with Crippen molar-refractivity contribution in [3.8, 4) is 11.5 Å². The Morgan fingerprint density at radius 1 is 1.00 bits per heavy atom. The van der Waals surface area contributed by atoms with Crippen molar-refractivity contribution in [2.75, 3.05) is 31.0 Å². The van der Waals surface area contributed by atoms with E-state index in [0.29, 0.717) is 22.7 Å². The summed E-state index contributed by atoms with van der Waals surface area (Å²) >= 11 is 13.1. The Kier molecular flexibility index (Phi) is 8.97. The summed E-state index contributed by atoms with van der Waals surface area (Å²) in [7, 11) is 1.55. The van der Waals surface area contributed by atoms with Crippen LogP contribution in [0.15, 0.2) is 42.5 Å². The molecular weight excluding hydrogens is 515 g/mol. The molecule has 0 saturated heterocycles. The third kappa shape index (κ3) is 6.45. The fourth-order valence-corrected chi connectivity index (χ4v) is 4.48. The maximum absolute atomic E-state index is 13.0. The highest BCUT2D eigenvalue weighted by molar-refractivity contribution is 7.19. The summed E-state index contributed by atoms with van der Waals surface area (Å²) in [4.78, 5) is 38.4. The van der Waals surface area contributed by atoms with Crippen LogP contribution in [0.2, 0.25) is 10.0 Å². The SMILES string of the molecule is CCOC(=O)c1c(NC(=O)COc2ccc(OC)cc2)sc(C(=O)Nc2cccc(Cl)c2Cl)c1C. The number of methoxy groups -OCH3 is 1. The maximum atomic E-state index is 13.0. The molecule has 1 heterocycles. The van der Waals surface area contributed by atoms with Crippen molar-refractivity contribution in [3.63, 3.8) is 0 Å². The number of anilines is 2. The number of thiophene rings is 1. The van der Waals surface area contributed by atoms with Gasteiger partial charge < -0.3 is 24.8 Å². The molecule has 0 aliphatic rings. The number of hydrogen-bond donors (Lipinski definition) is 2. The Hall–Kier alpha value is -3.27. The van der Waals surface area contributed by atoms with E-state index < -0.39 is 17.8 Å². The lowest BCUT2D eigenvalue weighted by molar-refractivity contribution is -0.118. The molecular formula is C24H22Cl2N2O6S. The van der Waals surface area contributed by atoms with Crippen LogP contribution in [0, 0.1) is 6.92 Å². The van der Waals surface area contributed by atoms with Crippen LogP contribution in [0.25, 0.3) is 0 Å². The summed E-state index contributed by atoms with van der Waals surface area (Å²) in [5.41, 5.74) is 0.764. The lowest BCUT2D eigenvalue weighted by atomic mass is 10.1. The first kappa shape index (κ1) is 26.3. The van der Waals surface area contributed by atoms with E-state index in [-0.39, 0.29) is 38.7 Å². The van der Waals surface area contributed by atoms with Crippen molar-refractivity contribution in [2.24, 2.45) is 0 Å². The van der Waals surface area contributed by atoms with E-state index in [1.165, 1.54) is 0 Å². The molecule has 3 aromatic rings. The molecule has 35 heavy (non-hydrogen) atoms. The topological polar surface area (TPSA) is 103 Å². The van der Waals surface area contributed by atoms with Crippen molar-refractivity contribution < 1.29 is 28.6 Å². The molecule has 2 aromatic carbocycles. The van der Waals surface area contributed by atoms with E-state index in [1.807, 2.05) is 0 Å². The minimum absolute atomic E-state index is 0.0944. The first-order valence-electron chi connectivity index (χ1n) is 10.4. The third-order valence-electron chi connectivity index (χ3n) is 4.71. The highest BCUT2D eigenvalue weighted by atomic mass is 35.5. The van der Waals surface area contributed by atoms with E-state index in [9.17, 15) is 14.4 Å². The van der Waals surface area contributed by atoms with Crippen LogP contribution >= 0.6 is 34.5 Å². The van der Waals surface area contributed by atoms with Gasteiger partial charge in [-0.25, -0.2) is 4.79 Å². The number of hydrogen-bond acceptors (Lipinski definition) is 7. The summed E-state index contributed by atoms with van der Waals surface area (Å²) in [6.45, 7) is 3.07. The van der Waals surface area contributed by atoms with Gasteiger partial charge in [-0.05, 0) is 55.8 Å². The van der Waals surface area contributed by atoms with Gasteiger partial charge in [0.05, 0.1) is 39.9 Å². The highest BCUT2D eigenvalue weighted by Gasteiger charge is 2.27. The van der Waals surface area contributed by atoms with Gasteiger partial charge in [0.2, 0.25) is 0 Å². The third-order valence-corrected chi connectivity index (χ3v) is 6.74. The zero-order valence-corrected chi connectivity index (χ0v) is 21.4. The summed E-state index contributed by atoms with van der Waals surface area (Å²) in [6, 6.07) is 11.6. The molecule has 0 aliphatic heterocycles. The van der Waals surface area contributed by atoms with E-state index in [4.69, 9.17) is 37.4 Å². The van der Waals surface area contributed by atoms with Crippen LogP contribution in [0.4, 0.5) is 10.7 Å². The molecule has 2 amide bonds. The number of halogens is 2. The monoisotopic (exact) mass is 536 g/mol. The Labute approximate surface area is 216 Å². The number of carbonyl (C=O) groups is 3. The van der Waals surface area contributed by atoms with Gasteiger partial charge in [0.15, 0.2) is 6.61 Å². The molecule has 0 atom stereocenters. The molecule has 184 valence electrons. The van der Waals surface area contributed by atoms with Crippen LogP contribution in [0.3, 0.4) is 0 Å². The first-order chi connectivity index (χ1) is 16.7. The second-order valence-corrected chi connectivity index (χ2v) is 8.85. The predicted molar refractivity (Wildman–Crippen MR) is 137 cm³/mol. The van der Waals surface area contributed by atoms with Crippen molar-refractivity contribution in [1.82, 2.24) is 0 Å². The van der Waals surface area contributed by atoms with Crippen LogP contribution in [0.1, 0.15) is 32.5 Å². The normalized spacial score (nSPS) is 10.4. The van der Waals surface area contributed by atoms with Crippen molar-refractivity contribution in [2.45, 2.75) is 13.8 Å². The van der Waals surface area contributed by atoms with E-state index in [1.54, 1.807) is 63.4 Å². The number of esters is 1. The molecule has 2 N–H and O–H groups in total. The number of nitrogens with one attached hydrogen (secondary N) is 2. The quantitative estimate of drug-likeness (QED) is 0.334. The molecule has 0 fully saturated rings. The van der Waals surface area contributed by atoms with Gasteiger partial charge in [0.25, 0.3) is 11.8 Å². The van der Waals surface area contributed by atoms with Crippen LogP contribution < -0.4 is 20.1 Å². The summed E-state index contributed by atoms with van der Waals surface area (Å²) < 4.78 is 15.7. The number of ether oxygens (including phenoxy) is 3. The smallest absolute Gasteiger partial charge is 0.341 e. The fraction of sp³-hybridized carbons (Fsp3) is 0.208. The summed E-state index contributed by atoms with van der Waals surface area (Å²) in [6.07, 6.45) is 0. The molecule has 0 unspecified atom stereocenters. The lowest BCUT2D eigenvalue weighted by Gasteiger charge is -2.09. The average molecular weight is 537 g/mol. The molecule has 0 saturated carbocycles. The predicted octanol–water partition coefficient (Wildman–Crippen LogP) is 5.82. The van der Waals surface area contributed by atoms with E-state index in [0.717, 1.165) is 11.3 Å². The van der Waals surface area contributed by atoms with Crippen LogP contribution in [-0.2, 0) is 9.53 Å². The van der Waals surface area contributed by atoms with Gasteiger partial charge in [-0.3, -0.25) is 9.59 Å². The highest BCUT2D eigenvalue weighted by Crippen LogP contribution is 2.36. The number of amides is 2. The van der Waals surface area contributed by atoms with Gasteiger partial charge in [0.1, 0.15) is 16.5 Å². The summed E-state index contributed by atoms with van der Waals surface area (Å²) in [5.74, 6) is -0.575. The fourth-order valence-electron chi connectivity index (χ4n) is 3.03. The molecule has 0 aliphatic carbocycles. The maximum Gasteiger partial charge on any atom is 0.341 e. The zero-order valence-electron chi connectivity index (χ0n) is 19.1. The van der Waals surface area contributed by atoms with Gasteiger partial charge in [-0.15, -0.1) is 11.3 Å². The molecule has 8 nitrogen and oxygen atoms in total. The largest absolute Gasteiger partial charge is 0.497 e. The molecule has 0 spiro atoms. The van der Waals surface area contributed by atoms with Gasteiger partial charge in [0, 0.05) is 0 Å². The van der Waals surface area contributed by atoms with Crippen LogP contribution in [-0.4, -0.2) is 38.1 Å². The Morgan fingerprint density at radius 2 is 1.69 bits per heavy atom. The van der Waals surface area contributed by atoms with Crippen LogP contribution in [0.5, 0.6) is 11.5 Å². The van der Waals surface area contributed by atoms with E-state index >= 15 is 0 Å². The molecule has 1 aromatic heterocycles. The average Bonchev–Trinajstić information content (AvgIpc) is 3.16. The minimum Gasteiger partial charge on any atom is -0.497 e. The van der Waals surface area contributed by atoms with Crippen molar-refractivity contribution in [1.29, 1.82) is 0 Å². The lowest BCUT2D eigenvalue weighted by Crippen LogP contribution is -2.21. The Balaban J connectivity index is 1.80. The molecule has 3 rings (SSSR count). The minimum atomic E-state index is -0.660. The standard InChI is InChI=1S/C24H22Cl2N2O6S/c1-4-33-24(31)19-13(2)21(22(30)27-17-7-5-6-16(25)20(17)26)35-23(19)28-18(29)12-34-15-10-8-14(32-3)9-11-15/h5-11H,4,12H2,1-3H3,(H,27,30)(H,28,29). The second kappa shape index (κ2) is 11.9.